The van der Waals surface area contributed by atoms with Crippen molar-refractivity contribution in [3.05, 3.63) is 46.0 Å². The normalized spacial score (nSPS) is 10.7. The van der Waals surface area contributed by atoms with E-state index in [-0.39, 0.29) is 5.82 Å². The van der Waals surface area contributed by atoms with Gasteiger partial charge in [-0.2, -0.15) is 0 Å². The maximum Gasteiger partial charge on any atom is 0.127 e. The number of rotatable bonds is 3. The Morgan fingerprint density at radius 1 is 1.38 bits per heavy atom. The first-order valence-electron chi connectivity index (χ1n) is 4.88. The lowest BCUT2D eigenvalue weighted by Crippen LogP contribution is -2.06. The third-order valence-corrected chi connectivity index (χ3v) is 3.68. The molecular formula is C12H11ClFNS. The van der Waals surface area contributed by atoms with Crippen LogP contribution < -0.4 is 5.32 Å². The number of halogens is 2. The second-order valence-corrected chi connectivity index (χ2v) is 4.76. The first kappa shape index (κ1) is 11.6. The number of hydrogen-bond donors (Lipinski definition) is 1. The molecule has 1 heterocycles. The lowest BCUT2D eigenvalue weighted by Gasteiger charge is -2.05. The van der Waals surface area contributed by atoms with Crippen LogP contribution in [0.4, 0.5) is 4.39 Å². The molecular weight excluding hydrogens is 245 g/mol. The van der Waals surface area contributed by atoms with Gasteiger partial charge in [0.25, 0.3) is 0 Å². The molecule has 0 aliphatic heterocycles. The molecule has 0 fully saturated rings. The zero-order valence-corrected chi connectivity index (χ0v) is 10.3. The van der Waals surface area contributed by atoms with Crippen molar-refractivity contribution in [2.75, 3.05) is 7.05 Å². The van der Waals surface area contributed by atoms with Crippen LogP contribution in [-0.2, 0) is 6.54 Å². The number of hydrogen-bond acceptors (Lipinski definition) is 2. The van der Waals surface area contributed by atoms with Crippen LogP contribution in [0.2, 0.25) is 5.02 Å². The molecule has 1 aromatic carbocycles. The summed E-state index contributed by atoms with van der Waals surface area (Å²) in [5, 5.41) is 5.59. The minimum Gasteiger partial charge on any atom is -0.316 e. The zero-order chi connectivity index (χ0) is 11.5. The van der Waals surface area contributed by atoms with Gasteiger partial charge in [-0.05, 0) is 36.2 Å². The van der Waals surface area contributed by atoms with Crippen molar-refractivity contribution in [3.8, 4) is 10.4 Å². The van der Waals surface area contributed by atoms with Crippen molar-refractivity contribution in [2.24, 2.45) is 0 Å². The Morgan fingerprint density at radius 3 is 2.81 bits per heavy atom. The predicted molar refractivity (Wildman–Crippen MR) is 67.5 cm³/mol. The van der Waals surface area contributed by atoms with Crippen molar-refractivity contribution in [1.82, 2.24) is 5.32 Å². The molecule has 0 radical (unpaired) electrons. The van der Waals surface area contributed by atoms with Crippen molar-refractivity contribution >= 4 is 22.9 Å². The highest BCUT2D eigenvalue weighted by atomic mass is 35.5. The van der Waals surface area contributed by atoms with Gasteiger partial charge in [-0.1, -0.05) is 17.7 Å². The topological polar surface area (TPSA) is 12.0 Å². The fourth-order valence-electron chi connectivity index (χ4n) is 1.54. The van der Waals surface area contributed by atoms with Crippen LogP contribution >= 0.6 is 22.9 Å². The molecule has 0 atom stereocenters. The van der Waals surface area contributed by atoms with E-state index in [1.54, 1.807) is 24.5 Å². The molecule has 1 nitrogen and oxygen atoms in total. The van der Waals surface area contributed by atoms with Gasteiger partial charge >= 0.3 is 0 Å². The van der Waals surface area contributed by atoms with Crippen LogP contribution in [0.5, 0.6) is 0 Å². The summed E-state index contributed by atoms with van der Waals surface area (Å²) in [5.74, 6) is -0.189. The molecule has 0 unspecified atom stereocenters. The summed E-state index contributed by atoms with van der Waals surface area (Å²) in [6, 6.07) is 6.93. The van der Waals surface area contributed by atoms with Crippen molar-refractivity contribution in [2.45, 2.75) is 6.54 Å². The van der Waals surface area contributed by atoms with Gasteiger partial charge in [-0.15, -0.1) is 11.3 Å². The smallest absolute Gasteiger partial charge is 0.127 e. The molecule has 0 aliphatic carbocycles. The number of benzene rings is 1. The van der Waals surface area contributed by atoms with E-state index in [1.165, 1.54) is 6.07 Å². The molecule has 0 saturated heterocycles. The molecule has 1 N–H and O–H groups in total. The van der Waals surface area contributed by atoms with Crippen molar-refractivity contribution in [1.29, 1.82) is 0 Å². The quantitative estimate of drug-likeness (QED) is 0.876. The molecule has 0 bridgehead atoms. The van der Waals surface area contributed by atoms with Crippen LogP contribution in [0.25, 0.3) is 10.4 Å². The van der Waals surface area contributed by atoms with Gasteiger partial charge in [-0.3, -0.25) is 0 Å². The second kappa shape index (κ2) is 4.95. The Balaban J connectivity index is 2.43. The minimum absolute atomic E-state index is 0.189. The lowest BCUT2D eigenvalue weighted by molar-refractivity contribution is 0.601. The van der Waals surface area contributed by atoms with Crippen LogP contribution in [0.1, 0.15) is 5.56 Å². The van der Waals surface area contributed by atoms with E-state index in [9.17, 15) is 4.39 Å². The van der Waals surface area contributed by atoms with Gasteiger partial charge in [0.1, 0.15) is 5.82 Å². The van der Waals surface area contributed by atoms with E-state index >= 15 is 0 Å². The standard InChI is InChI=1S/C12H11ClFNS/c1-15-7-9-6-8(2-3-11(9)14)12-10(13)4-5-16-12/h2-6,15H,7H2,1H3. The third-order valence-electron chi connectivity index (χ3n) is 2.29. The van der Waals surface area contributed by atoms with Crippen LogP contribution in [0, 0.1) is 5.82 Å². The summed E-state index contributed by atoms with van der Waals surface area (Å²) in [4.78, 5) is 0.985. The molecule has 2 rings (SSSR count). The Labute approximate surface area is 103 Å². The van der Waals surface area contributed by atoms with Gasteiger partial charge in [0, 0.05) is 12.1 Å². The van der Waals surface area contributed by atoms with Gasteiger partial charge in [-0.25, -0.2) is 4.39 Å². The van der Waals surface area contributed by atoms with Gasteiger partial charge in [0.15, 0.2) is 0 Å². The zero-order valence-electron chi connectivity index (χ0n) is 8.76. The SMILES string of the molecule is CNCc1cc(-c2sccc2Cl)ccc1F. The van der Waals surface area contributed by atoms with Crippen LogP contribution in [0.15, 0.2) is 29.6 Å². The van der Waals surface area contributed by atoms with Gasteiger partial charge in [0.05, 0.1) is 9.90 Å². The van der Waals surface area contributed by atoms with E-state index in [1.807, 2.05) is 17.5 Å². The first-order chi connectivity index (χ1) is 7.72. The van der Waals surface area contributed by atoms with Gasteiger partial charge < -0.3 is 5.32 Å². The number of thiophene rings is 1. The largest absolute Gasteiger partial charge is 0.316 e. The molecule has 0 amide bonds. The Morgan fingerprint density at radius 2 is 2.19 bits per heavy atom. The maximum atomic E-state index is 13.4. The highest BCUT2D eigenvalue weighted by Crippen LogP contribution is 2.33. The lowest BCUT2D eigenvalue weighted by atomic mass is 10.1. The highest BCUT2D eigenvalue weighted by Gasteiger charge is 2.08. The summed E-state index contributed by atoms with van der Waals surface area (Å²) in [6.07, 6.45) is 0. The summed E-state index contributed by atoms with van der Waals surface area (Å²) in [7, 11) is 1.80. The third kappa shape index (κ3) is 2.26. The van der Waals surface area contributed by atoms with E-state index in [4.69, 9.17) is 11.6 Å². The average Bonchev–Trinajstić information content (AvgIpc) is 2.68. The van der Waals surface area contributed by atoms with E-state index in [0.29, 0.717) is 17.1 Å². The molecule has 4 heteroatoms. The molecule has 16 heavy (non-hydrogen) atoms. The maximum absolute atomic E-state index is 13.4. The molecule has 2 aromatic rings. The molecule has 84 valence electrons. The number of nitrogens with one attached hydrogen (secondary N) is 1. The van der Waals surface area contributed by atoms with Crippen molar-refractivity contribution < 1.29 is 4.39 Å². The van der Waals surface area contributed by atoms with Crippen molar-refractivity contribution in [3.63, 3.8) is 0 Å². The average molecular weight is 256 g/mol. The minimum atomic E-state index is -0.189. The summed E-state index contributed by atoms with van der Waals surface area (Å²) >= 11 is 7.61. The Bertz CT molecular complexity index is 496. The van der Waals surface area contributed by atoms with Crippen LogP contribution in [0.3, 0.4) is 0 Å². The highest BCUT2D eigenvalue weighted by molar-refractivity contribution is 7.14. The van der Waals surface area contributed by atoms with E-state index < -0.39 is 0 Å². The molecule has 0 spiro atoms. The Kier molecular flexibility index (Phi) is 3.59. The van der Waals surface area contributed by atoms with E-state index in [0.717, 1.165) is 10.4 Å². The molecule has 1 aromatic heterocycles. The molecule has 0 aliphatic rings. The van der Waals surface area contributed by atoms with Crippen LogP contribution in [-0.4, -0.2) is 7.05 Å². The fraction of sp³-hybridized carbons (Fsp3) is 0.167. The molecule has 0 saturated carbocycles. The predicted octanol–water partition coefficient (Wildman–Crippen LogP) is 3.93. The van der Waals surface area contributed by atoms with Gasteiger partial charge in [0.2, 0.25) is 0 Å². The Hall–Kier alpha value is -0.900. The van der Waals surface area contributed by atoms with E-state index in [2.05, 4.69) is 5.32 Å². The summed E-state index contributed by atoms with van der Waals surface area (Å²) in [6.45, 7) is 0.517. The monoisotopic (exact) mass is 255 g/mol. The summed E-state index contributed by atoms with van der Waals surface area (Å²) < 4.78 is 13.4. The fourth-order valence-corrected chi connectivity index (χ4v) is 2.71. The second-order valence-electron chi connectivity index (χ2n) is 3.43. The summed E-state index contributed by atoms with van der Waals surface area (Å²) in [5.41, 5.74) is 1.62. The first-order valence-corrected chi connectivity index (χ1v) is 6.14.